The van der Waals surface area contributed by atoms with Gasteiger partial charge in [0.25, 0.3) is 0 Å². The second-order valence-corrected chi connectivity index (χ2v) is 0.921. The van der Waals surface area contributed by atoms with Crippen molar-refractivity contribution in [1.82, 2.24) is 10.2 Å². The molecule has 0 fully saturated rings. The first kappa shape index (κ1) is 7.01. The Morgan fingerprint density at radius 3 is 2.57 bits per heavy atom. The summed E-state index contributed by atoms with van der Waals surface area (Å²) in [5.74, 6) is -0.144. The molecule has 1 heterocycles. The Kier molecular flexibility index (Phi) is 3.07. The minimum atomic E-state index is -0.144. The minimum Gasteiger partial charge on any atom is -0.859 e. The van der Waals surface area contributed by atoms with Crippen LogP contribution in [0.2, 0.25) is 0 Å². The van der Waals surface area contributed by atoms with Gasteiger partial charge in [0.2, 0.25) is 0 Å². The van der Waals surface area contributed by atoms with Crippen molar-refractivity contribution in [2.75, 3.05) is 0 Å². The van der Waals surface area contributed by atoms with Gasteiger partial charge in [-0.05, 0) is 11.9 Å². The second kappa shape index (κ2) is 3.07. The molecule has 3 nitrogen and oxygen atoms in total. The van der Waals surface area contributed by atoms with E-state index in [-0.39, 0.29) is 35.4 Å². The van der Waals surface area contributed by atoms with Crippen LogP contribution in [-0.4, -0.2) is 10.2 Å². The molecule has 0 radical (unpaired) electrons. The predicted molar refractivity (Wildman–Crippen MR) is 18.0 cm³/mol. The van der Waals surface area contributed by atoms with E-state index in [2.05, 4.69) is 10.2 Å². The zero-order chi connectivity index (χ0) is 4.41. The summed E-state index contributed by atoms with van der Waals surface area (Å²) in [5, 5.41) is 15.5. The van der Waals surface area contributed by atoms with Gasteiger partial charge in [0.1, 0.15) is 0 Å². The number of aromatic amines is 1. The van der Waals surface area contributed by atoms with Gasteiger partial charge in [0, 0.05) is 6.20 Å². The number of hydrogen-bond donors (Lipinski definition) is 1. The van der Waals surface area contributed by atoms with Gasteiger partial charge in [0.15, 0.2) is 0 Å². The molecule has 0 amide bonds. The normalized spacial score (nSPS) is 7.43. The van der Waals surface area contributed by atoms with Crippen LogP contribution in [0, 0.1) is 0 Å². The Morgan fingerprint density at radius 1 is 1.71 bits per heavy atom. The number of aromatic nitrogens is 2. The van der Waals surface area contributed by atoms with E-state index in [9.17, 15) is 5.11 Å². The van der Waals surface area contributed by atoms with E-state index in [1.54, 1.807) is 0 Å². The molecule has 32 valence electrons. The molecule has 0 aliphatic rings. The number of rotatable bonds is 0. The van der Waals surface area contributed by atoms with Crippen LogP contribution in [0.4, 0.5) is 0 Å². The summed E-state index contributed by atoms with van der Waals surface area (Å²) in [6, 6.07) is 1.36. The third-order valence-electron chi connectivity index (χ3n) is 0.475. The van der Waals surface area contributed by atoms with Crippen molar-refractivity contribution in [2.24, 2.45) is 0 Å². The molecule has 1 N–H and O–H groups in total. The summed E-state index contributed by atoms with van der Waals surface area (Å²) in [5.41, 5.74) is 0. The Labute approximate surface area is 63.0 Å². The summed E-state index contributed by atoms with van der Waals surface area (Å²) in [6.45, 7) is 0. The molecule has 0 aliphatic carbocycles. The van der Waals surface area contributed by atoms with Gasteiger partial charge >= 0.3 is 29.6 Å². The summed E-state index contributed by atoms with van der Waals surface area (Å²) in [7, 11) is 0. The summed E-state index contributed by atoms with van der Waals surface area (Å²) < 4.78 is 0. The first-order valence-corrected chi connectivity index (χ1v) is 1.56. The van der Waals surface area contributed by atoms with E-state index in [4.69, 9.17) is 0 Å². The van der Waals surface area contributed by atoms with Crippen LogP contribution in [0.15, 0.2) is 12.3 Å². The number of hydrogen-bond acceptors (Lipinski definition) is 2. The average molecular weight is 106 g/mol. The van der Waals surface area contributed by atoms with Gasteiger partial charge in [-0.2, -0.15) is 5.10 Å². The van der Waals surface area contributed by atoms with Crippen LogP contribution >= 0.6 is 0 Å². The first-order valence-electron chi connectivity index (χ1n) is 1.56. The van der Waals surface area contributed by atoms with Crippen molar-refractivity contribution in [3.63, 3.8) is 0 Å². The Morgan fingerprint density at radius 2 is 2.43 bits per heavy atom. The molecule has 0 saturated carbocycles. The number of H-pyrrole nitrogens is 1. The SMILES string of the molecule is [Na+].[O-]c1ccn[nH]1. The van der Waals surface area contributed by atoms with Crippen LogP contribution in [0.5, 0.6) is 5.88 Å². The maximum absolute atomic E-state index is 9.95. The fourth-order valence-corrected chi connectivity index (χ4v) is 0.243. The van der Waals surface area contributed by atoms with Crippen molar-refractivity contribution in [3.05, 3.63) is 12.3 Å². The van der Waals surface area contributed by atoms with Crippen molar-refractivity contribution in [2.45, 2.75) is 0 Å². The molecule has 1 rings (SSSR count). The smallest absolute Gasteiger partial charge is 0.859 e. The standard InChI is InChI=1S/C3H4N2O.Na/c6-3-1-2-4-5-3;/h1-2H,(H2,4,5,6);/q;+1/p-1. The molecule has 0 unspecified atom stereocenters. The molecular formula is C3H3N2NaO. The third kappa shape index (κ3) is 1.97. The molecule has 0 atom stereocenters. The van der Waals surface area contributed by atoms with Crippen LogP contribution in [0.1, 0.15) is 0 Å². The first-order chi connectivity index (χ1) is 2.89. The molecule has 1 aromatic heterocycles. The van der Waals surface area contributed by atoms with Gasteiger partial charge in [-0.1, -0.05) is 0 Å². The Balaban J connectivity index is 0.000000360. The molecule has 7 heavy (non-hydrogen) atoms. The van der Waals surface area contributed by atoms with Crippen molar-refractivity contribution < 1.29 is 34.7 Å². The fourth-order valence-electron chi connectivity index (χ4n) is 0.243. The topological polar surface area (TPSA) is 51.7 Å². The van der Waals surface area contributed by atoms with Gasteiger partial charge in [-0.25, -0.2) is 0 Å². The molecular weight excluding hydrogens is 103 g/mol. The van der Waals surface area contributed by atoms with E-state index < -0.39 is 0 Å². The maximum atomic E-state index is 9.95. The van der Waals surface area contributed by atoms with Crippen LogP contribution in [-0.2, 0) is 0 Å². The van der Waals surface area contributed by atoms with Crippen LogP contribution in [0.25, 0.3) is 0 Å². The van der Waals surface area contributed by atoms with Crippen molar-refractivity contribution >= 4 is 0 Å². The van der Waals surface area contributed by atoms with Gasteiger partial charge in [-0.3, -0.25) is 5.10 Å². The summed E-state index contributed by atoms with van der Waals surface area (Å²) in [4.78, 5) is 0. The molecule has 1 aromatic rings. The van der Waals surface area contributed by atoms with Gasteiger partial charge in [-0.15, -0.1) is 0 Å². The molecule has 0 aromatic carbocycles. The van der Waals surface area contributed by atoms with Gasteiger partial charge in [0.05, 0.1) is 0 Å². The largest absolute Gasteiger partial charge is 1.00 e. The third-order valence-corrected chi connectivity index (χ3v) is 0.475. The zero-order valence-corrected chi connectivity index (χ0v) is 6.01. The predicted octanol–water partition coefficient (Wildman–Crippen LogP) is -3.51. The molecule has 0 bridgehead atoms. The van der Waals surface area contributed by atoms with Crippen LogP contribution < -0.4 is 34.7 Å². The van der Waals surface area contributed by atoms with E-state index in [0.29, 0.717) is 0 Å². The fraction of sp³-hybridized carbons (Fsp3) is 0. The van der Waals surface area contributed by atoms with E-state index in [1.165, 1.54) is 12.3 Å². The van der Waals surface area contributed by atoms with Crippen molar-refractivity contribution in [1.29, 1.82) is 0 Å². The average Bonchev–Trinajstić information content (AvgIpc) is 1.86. The number of nitrogens with zero attached hydrogens (tertiary/aromatic N) is 1. The second-order valence-electron chi connectivity index (χ2n) is 0.921. The molecule has 0 saturated heterocycles. The molecule has 4 heteroatoms. The van der Waals surface area contributed by atoms with Crippen molar-refractivity contribution in [3.8, 4) is 5.88 Å². The Hall–Kier alpha value is 0.0100. The van der Waals surface area contributed by atoms with Gasteiger partial charge < -0.3 is 5.11 Å². The maximum Gasteiger partial charge on any atom is 1.00 e. The van der Waals surface area contributed by atoms with E-state index >= 15 is 0 Å². The molecule has 0 aliphatic heterocycles. The van der Waals surface area contributed by atoms with E-state index in [0.717, 1.165) is 0 Å². The quantitative estimate of drug-likeness (QED) is 0.349. The molecule has 0 spiro atoms. The zero-order valence-electron chi connectivity index (χ0n) is 4.01. The summed E-state index contributed by atoms with van der Waals surface area (Å²) in [6.07, 6.45) is 1.42. The van der Waals surface area contributed by atoms with Crippen LogP contribution in [0.3, 0.4) is 0 Å². The Bertz CT molecular complexity index is 116. The number of nitrogens with one attached hydrogen (secondary N) is 1. The summed E-state index contributed by atoms with van der Waals surface area (Å²) >= 11 is 0. The monoisotopic (exact) mass is 106 g/mol. The minimum absolute atomic E-state index is 0. The van der Waals surface area contributed by atoms with E-state index in [1.807, 2.05) is 0 Å².